The van der Waals surface area contributed by atoms with Crippen molar-refractivity contribution in [3.63, 3.8) is 0 Å². The Morgan fingerprint density at radius 3 is 1.63 bits per heavy atom. The molecule has 0 aromatic rings. The van der Waals surface area contributed by atoms with Crippen LogP contribution in [-0.4, -0.2) is 130 Å². The number of phosphoric ester groups is 1. The molecule has 0 spiro atoms. The molecule has 0 amide bonds. The van der Waals surface area contributed by atoms with Gasteiger partial charge in [0.15, 0.2) is 0 Å². The normalized spacial score (nSPS) is 38.6. The maximum atomic E-state index is 11.9. The summed E-state index contributed by atoms with van der Waals surface area (Å²) in [5, 5.41) is 94.2. The van der Waals surface area contributed by atoms with E-state index in [1.807, 2.05) is 0 Å². The fourth-order valence-electron chi connectivity index (χ4n) is 2.34. The van der Waals surface area contributed by atoms with Crippen molar-refractivity contribution in [2.45, 2.75) is 61.0 Å². The van der Waals surface area contributed by atoms with Gasteiger partial charge >= 0.3 is 7.82 Å². The summed E-state index contributed by atoms with van der Waals surface area (Å²) in [6, 6.07) is 0. The lowest BCUT2D eigenvalue weighted by Gasteiger charge is -2.41. The summed E-state index contributed by atoms with van der Waals surface area (Å²) >= 11 is 0. The van der Waals surface area contributed by atoms with Gasteiger partial charge in [-0.2, -0.15) is 0 Å². The maximum Gasteiger partial charge on any atom is 0.472 e. The Bertz CT molecular complexity index is 490. The number of aliphatic hydroxyl groups excluding tert-OH is 10. The second-order valence-corrected chi connectivity index (χ2v) is 7.49. The van der Waals surface area contributed by atoms with Gasteiger partial charge in [-0.3, -0.25) is 9.05 Å². The SMILES string of the molecule is O=P(O)(OC[C@H](O)[C@@H](O)[C@H](O)[C@@H](O)CO)OC1[C@H](O)[C@H](O)C(O)[C@H](O)[C@H]1O. The molecular weight excluding hydrogens is 399 g/mol. The van der Waals surface area contributed by atoms with Crippen LogP contribution in [0.4, 0.5) is 0 Å². The van der Waals surface area contributed by atoms with Gasteiger partial charge < -0.3 is 56.0 Å². The first-order valence-electron chi connectivity index (χ1n) is 7.73. The first kappa shape index (κ1) is 24.7. The molecule has 0 aromatic heterocycles. The van der Waals surface area contributed by atoms with Crippen LogP contribution in [-0.2, 0) is 13.6 Å². The monoisotopic (exact) mass is 424 g/mol. The molecule has 0 heterocycles. The van der Waals surface area contributed by atoms with Crippen LogP contribution in [0.15, 0.2) is 0 Å². The number of hydrogen-bond donors (Lipinski definition) is 11. The van der Waals surface area contributed by atoms with Gasteiger partial charge in [0, 0.05) is 0 Å². The molecule has 0 aromatic carbocycles. The molecule has 1 aliphatic carbocycles. The summed E-state index contributed by atoms with van der Waals surface area (Å²) < 4.78 is 20.7. The molecule has 1 fully saturated rings. The highest BCUT2D eigenvalue weighted by atomic mass is 31.2. The van der Waals surface area contributed by atoms with E-state index in [0.29, 0.717) is 0 Å². The minimum Gasteiger partial charge on any atom is -0.394 e. The quantitative estimate of drug-likeness (QED) is 0.154. The minimum absolute atomic E-state index is 0.943. The Balaban J connectivity index is 2.69. The molecule has 0 saturated heterocycles. The zero-order valence-electron chi connectivity index (χ0n) is 13.8. The Kier molecular flexibility index (Phi) is 9.12. The largest absolute Gasteiger partial charge is 0.472 e. The summed E-state index contributed by atoms with van der Waals surface area (Å²) in [6.45, 7) is -2.07. The zero-order valence-corrected chi connectivity index (χ0v) is 14.7. The van der Waals surface area contributed by atoms with Crippen LogP contribution in [0.1, 0.15) is 0 Å². The smallest absolute Gasteiger partial charge is 0.394 e. The van der Waals surface area contributed by atoms with Crippen molar-refractivity contribution in [3.8, 4) is 0 Å². The van der Waals surface area contributed by atoms with E-state index < -0.39 is 82.1 Å². The van der Waals surface area contributed by atoms with Gasteiger partial charge in [0.05, 0.1) is 13.2 Å². The average Bonchev–Trinajstić information content (AvgIpc) is 2.64. The third-order valence-electron chi connectivity index (χ3n) is 4.06. The van der Waals surface area contributed by atoms with Gasteiger partial charge in [-0.1, -0.05) is 0 Å². The summed E-state index contributed by atoms with van der Waals surface area (Å²) in [4.78, 5) is 9.58. The highest BCUT2D eigenvalue weighted by molar-refractivity contribution is 7.47. The summed E-state index contributed by atoms with van der Waals surface area (Å²) in [5.41, 5.74) is 0. The molecule has 11 atom stereocenters. The lowest BCUT2D eigenvalue weighted by atomic mass is 9.85. The van der Waals surface area contributed by atoms with Crippen molar-refractivity contribution in [3.05, 3.63) is 0 Å². The number of hydrogen-bond acceptors (Lipinski definition) is 13. The van der Waals surface area contributed by atoms with E-state index in [1.54, 1.807) is 0 Å². The van der Waals surface area contributed by atoms with Crippen molar-refractivity contribution < 1.29 is 69.6 Å². The molecule has 0 radical (unpaired) electrons. The van der Waals surface area contributed by atoms with Crippen LogP contribution in [0.3, 0.4) is 0 Å². The Labute approximate surface area is 152 Å². The molecule has 1 saturated carbocycles. The summed E-state index contributed by atoms with van der Waals surface area (Å²) in [7, 11) is -5.15. The molecule has 1 rings (SSSR count). The molecule has 0 aliphatic heterocycles. The van der Waals surface area contributed by atoms with Gasteiger partial charge in [0.1, 0.15) is 61.0 Å². The molecule has 11 N–H and O–H groups in total. The van der Waals surface area contributed by atoms with Crippen molar-refractivity contribution in [1.29, 1.82) is 0 Å². The molecular formula is C12H25O14P. The van der Waals surface area contributed by atoms with E-state index in [4.69, 9.17) is 10.2 Å². The van der Waals surface area contributed by atoms with Crippen LogP contribution < -0.4 is 0 Å². The third kappa shape index (κ3) is 6.09. The van der Waals surface area contributed by atoms with Crippen molar-refractivity contribution in [1.82, 2.24) is 0 Å². The summed E-state index contributed by atoms with van der Waals surface area (Å²) in [5.74, 6) is 0. The number of rotatable bonds is 9. The highest BCUT2D eigenvalue weighted by Gasteiger charge is 2.51. The van der Waals surface area contributed by atoms with Crippen LogP contribution in [0, 0.1) is 0 Å². The predicted octanol–water partition coefficient (Wildman–Crippen LogP) is -6.26. The van der Waals surface area contributed by atoms with E-state index in [0.717, 1.165) is 0 Å². The van der Waals surface area contributed by atoms with Gasteiger partial charge in [-0.15, -0.1) is 0 Å². The fraction of sp³-hybridized carbons (Fsp3) is 1.00. The Morgan fingerprint density at radius 1 is 0.778 bits per heavy atom. The molecule has 14 nitrogen and oxygen atoms in total. The molecule has 1 aliphatic rings. The van der Waals surface area contributed by atoms with E-state index in [9.17, 15) is 50.3 Å². The first-order valence-corrected chi connectivity index (χ1v) is 9.22. The summed E-state index contributed by atoms with van der Waals surface area (Å²) in [6.07, 6.45) is -20.1. The molecule has 0 bridgehead atoms. The third-order valence-corrected chi connectivity index (χ3v) is 5.05. The highest BCUT2D eigenvalue weighted by Crippen LogP contribution is 2.47. The van der Waals surface area contributed by atoms with Gasteiger partial charge in [-0.25, -0.2) is 4.57 Å². The minimum atomic E-state index is -5.15. The van der Waals surface area contributed by atoms with Crippen LogP contribution >= 0.6 is 7.82 Å². The van der Waals surface area contributed by atoms with Crippen molar-refractivity contribution in [2.75, 3.05) is 13.2 Å². The van der Waals surface area contributed by atoms with E-state index in [-0.39, 0.29) is 0 Å². The molecule has 3 unspecified atom stereocenters. The number of phosphoric acid groups is 1. The van der Waals surface area contributed by atoms with E-state index in [1.165, 1.54) is 0 Å². The van der Waals surface area contributed by atoms with Crippen LogP contribution in [0.2, 0.25) is 0 Å². The molecule has 27 heavy (non-hydrogen) atoms. The Morgan fingerprint density at radius 2 is 1.19 bits per heavy atom. The number of aliphatic hydroxyl groups is 10. The van der Waals surface area contributed by atoms with Gasteiger partial charge in [0.25, 0.3) is 0 Å². The lowest BCUT2D eigenvalue weighted by molar-refractivity contribution is -0.220. The average molecular weight is 424 g/mol. The van der Waals surface area contributed by atoms with Crippen molar-refractivity contribution >= 4 is 7.82 Å². The van der Waals surface area contributed by atoms with Crippen molar-refractivity contribution in [2.24, 2.45) is 0 Å². The lowest BCUT2D eigenvalue weighted by Crippen LogP contribution is -2.64. The van der Waals surface area contributed by atoms with E-state index >= 15 is 0 Å². The zero-order chi connectivity index (χ0) is 21.1. The molecule has 15 heteroatoms. The van der Waals surface area contributed by atoms with Crippen LogP contribution in [0.5, 0.6) is 0 Å². The van der Waals surface area contributed by atoms with E-state index in [2.05, 4.69) is 9.05 Å². The maximum absolute atomic E-state index is 11.9. The standard InChI is InChI=1S/C12H25O14P/c13-1-3(14)5(16)6(17)4(15)2-25-27(23,24)26-12-10(21)8(19)7(18)9(20)11(12)22/h3-22H,1-2H2,(H,23,24)/t3-,4-,5+,6+,7?,8-,9+,10+,11+,12?/m0/s1. The second kappa shape index (κ2) is 9.96. The second-order valence-electron chi connectivity index (χ2n) is 6.09. The van der Waals surface area contributed by atoms with Crippen LogP contribution in [0.25, 0.3) is 0 Å². The topological polar surface area (TPSA) is 258 Å². The predicted molar refractivity (Wildman–Crippen MR) is 81.8 cm³/mol. The van der Waals surface area contributed by atoms with Gasteiger partial charge in [0.2, 0.25) is 0 Å². The van der Waals surface area contributed by atoms with Gasteiger partial charge in [-0.05, 0) is 0 Å². The first-order chi connectivity index (χ1) is 12.3. The molecule has 162 valence electrons. The fourth-order valence-corrected chi connectivity index (χ4v) is 3.30. The Hall–Kier alpha value is -0.290.